The molecule has 0 bridgehead atoms. The Morgan fingerprint density at radius 1 is 1.21 bits per heavy atom. The molecule has 0 aromatic heterocycles. The smallest absolute Gasteiger partial charge is 0.229 e. The van der Waals surface area contributed by atoms with Gasteiger partial charge < -0.3 is 0 Å². The summed E-state index contributed by atoms with van der Waals surface area (Å²) in [5.41, 5.74) is 0.990. The third-order valence-electron chi connectivity index (χ3n) is 2.46. The lowest BCUT2D eigenvalue weighted by Crippen LogP contribution is -2.46. The van der Waals surface area contributed by atoms with Crippen molar-refractivity contribution in [2.75, 3.05) is 25.2 Å². The quantitative estimate of drug-likeness (QED) is 0.666. The number of benzene rings is 1. The Balaban J connectivity index is 2.20. The molecule has 0 saturated carbocycles. The molecule has 1 aromatic rings. The van der Waals surface area contributed by atoms with Gasteiger partial charge in [-0.25, -0.2) is 0 Å². The van der Waals surface area contributed by atoms with Crippen LogP contribution in [0.15, 0.2) is 30.3 Å². The molecule has 0 aliphatic carbocycles. The average Bonchev–Trinajstić information content (AvgIpc) is 2.23. The summed E-state index contributed by atoms with van der Waals surface area (Å²) in [4.78, 5) is 15.6. The standard InChI is InChI=1S/C11H14N2O/c1-12-8-7-11(14)13(9-12)10-5-3-2-4-6-10/h2-6H,7-9H2,1H3. The van der Waals surface area contributed by atoms with Gasteiger partial charge in [0, 0.05) is 18.7 Å². The highest BCUT2D eigenvalue weighted by Crippen LogP contribution is 2.17. The van der Waals surface area contributed by atoms with Gasteiger partial charge in [0.2, 0.25) is 5.91 Å². The third kappa shape index (κ3) is 1.77. The molecule has 1 aromatic carbocycles. The number of para-hydroxylation sites is 1. The van der Waals surface area contributed by atoms with Gasteiger partial charge in [-0.2, -0.15) is 0 Å². The Morgan fingerprint density at radius 3 is 2.64 bits per heavy atom. The fraction of sp³-hybridized carbons (Fsp3) is 0.364. The third-order valence-corrected chi connectivity index (χ3v) is 2.46. The summed E-state index contributed by atoms with van der Waals surface area (Å²) >= 11 is 0. The van der Waals surface area contributed by atoms with Crippen molar-refractivity contribution in [3.05, 3.63) is 30.3 Å². The summed E-state index contributed by atoms with van der Waals surface area (Å²) in [7, 11) is 2.03. The Labute approximate surface area is 83.9 Å². The Kier molecular flexibility index (Phi) is 2.50. The second-order valence-corrected chi connectivity index (χ2v) is 3.63. The van der Waals surface area contributed by atoms with E-state index in [1.807, 2.05) is 42.3 Å². The van der Waals surface area contributed by atoms with Crippen LogP contribution in [0.25, 0.3) is 0 Å². The normalized spacial score (nSPS) is 18.6. The zero-order chi connectivity index (χ0) is 9.97. The number of nitrogens with zero attached hydrogens (tertiary/aromatic N) is 2. The number of anilines is 1. The Morgan fingerprint density at radius 2 is 1.93 bits per heavy atom. The van der Waals surface area contributed by atoms with Crippen molar-refractivity contribution in [3.8, 4) is 0 Å². The second-order valence-electron chi connectivity index (χ2n) is 3.63. The van der Waals surface area contributed by atoms with Crippen molar-refractivity contribution in [1.29, 1.82) is 0 Å². The van der Waals surface area contributed by atoms with Crippen LogP contribution in [0.4, 0.5) is 5.69 Å². The van der Waals surface area contributed by atoms with Crippen LogP contribution < -0.4 is 4.90 Å². The number of amides is 1. The van der Waals surface area contributed by atoms with Crippen LogP contribution in [0.1, 0.15) is 6.42 Å². The monoisotopic (exact) mass is 190 g/mol. The molecule has 0 unspecified atom stereocenters. The molecule has 1 amide bonds. The van der Waals surface area contributed by atoms with Gasteiger partial charge in [0.25, 0.3) is 0 Å². The zero-order valence-electron chi connectivity index (χ0n) is 8.31. The summed E-state index contributed by atoms with van der Waals surface area (Å²) < 4.78 is 0. The van der Waals surface area contributed by atoms with Gasteiger partial charge >= 0.3 is 0 Å². The molecule has 0 spiro atoms. The van der Waals surface area contributed by atoms with E-state index in [0.29, 0.717) is 13.1 Å². The molecule has 0 atom stereocenters. The lowest BCUT2D eigenvalue weighted by atomic mass is 10.2. The van der Waals surface area contributed by atoms with Gasteiger partial charge in [0.1, 0.15) is 0 Å². The van der Waals surface area contributed by atoms with Crippen LogP contribution >= 0.6 is 0 Å². The van der Waals surface area contributed by atoms with Crippen LogP contribution in [0, 0.1) is 0 Å². The predicted molar refractivity (Wildman–Crippen MR) is 56.0 cm³/mol. The summed E-state index contributed by atoms with van der Waals surface area (Å²) in [6.07, 6.45) is 0.616. The van der Waals surface area contributed by atoms with Crippen LogP contribution in [0.3, 0.4) is 0 Å². The summed E-state index contributed by atoms with van der Waals surface area (Å²) in [5, 5.41) is 0. The van der Waals surface area contributed by atoms with Gasteiger partial charge in [-0.05, 0) is 19.2 Å². The van der Waals surface area contributed by atoms with Crippen molar-refractivity contribution >= 4 is 11.6 Å². The van der Waals surface area contributed by atoms with Crippen LogP contribution in [0.2, 0.25) is 0 Å². The first-order valence-electron chi connectivity index (χ1n) is 4.81. The van der Waals surface area contributed by atoms with Crippen molar-refractivity contribution in [2.24, 2.45) is 0 Å². The molecule has 14 heavy (non-hydrogen) atoms. The maximum Gasteiger partial charge on any atom is 0.229 e. The van der Waals surface area contributed by atoms with Gasteiger partial charge in [0.15, 0.2) is 0 Å². The van der Waals surface area contributed by atoms with Crippen molar-refractivity contribution < 1.29 is 4.79 Å². The van der Waals surface area contributed by atoms with E-state index >= 15 is 0 Å². The first kappa shape index (κ1) is 9.21. The molecule has 3 heteroatoms. The average molecular weight is 190 g/mol. The van der Waals surface area contributed by atoms with Crippen molar-refractivity contribution in [3.63, 3.8) is 0 Å². The van der Waals surface area contributed by atoms with Gasteiger partial charge in [0.05, 0.1) is 6.67 Å². The number of hydrogen-bond donors (Lipinski definition) is 0. The summed E-state index contributed by atoms with van der Waals surface area (Å²) in [5.74, 6) is 0.217. The van der Waals surface area contributed by atoms with Crippen LogP contribution in [-0.4, -0.2) is 31.1 Å². The van der Waals surface area contributed by atoms with E-state index in [1.54, 1.807) is 0 Å². The summed E-state index contributed by atoms with van der Waals surface area (Å²) in [6, 6.07) is 9.81. The number of carbonyl (C=O) groups is 1. The lowest BCUT2D eigenvalue weighted by molar-refractivity contribution is -0.120. The fourth-order valence-electron chi connectivity index (χ4n) is 1.65. The van der Waals surface area contributed by atoms with Crippen LogP contribution in [-0.2, 0) is 4.79 Å². The number of hydrogen-bond acceptors (Lipinski definition) is 2. The minimum atomic E-state index is 0.217. The van der Waals surface area contributed by atoms with Crippen molar-refractivity contribution in [2.45, 2.75) is 6.42 Å². The van der Waals surface area contributed by atoms with E-state index in [4.69, 9.17) is 0 Å². The Hall–Kier alpha value is -1.35. The molecule has 1 heterocycles. The number of carbonyl (C=O) groups excluding carboxylic acids is 1. The second kappa shape index (κ2) is 3.80. The minimum Gasteiger partial charge on any atom is -0.299 e. The topological polar surface area (TPSA) is 23.6 Å². The van der Waals surface area contributed by atoms with E-state index in [2.05, 4.69) is 4.90 Å². The first-order chi connectivity index (χ1) is 6.77. The van der Waals surface area contributed by atoms with E-state index in [1.165, 1.54) is 0 Å². The minimum absolute atomic E-state index is 0.217. The van der Waals surface area contributed by atoms with E-state index in [0.717, 1.165) is 12.2 Å². The summed E-state index contributed by atoms with van der Waals surface area (Å²) in [6.45, 7) is 1.56. The first-order valence-corrected chi connectivity index (χ1v) is 4.81. The molecular weight excluding hydrogens is 176 g/mol. The maximum absolute atomic E-state index is 11.6. The molecule has 3 nitrogen and oxygen atoms in total. The fourth-order valence-corrected chi connectivity index (χ4v) is 1.65. The van der Waals surface area contributed by atoms with E-state index < -0.39 is 0 Å². The highest BCUT2D eigenvalue weighted by molar-refractivity contribution is 5.93. The van der Waals surface area contributed by atoms with Crippen LogP contribution in [0.5, 0.6) is 0 Å². The molecule has 1 fully saturated rings. The lowest BCUT2D eigenvalue weighted by Gasteiger charge is -2.32. The molecule has 0 radical (unpaired) electrons. The molecule has 1 aliphatic rings. The molecule has 1 saturated heterocycles. The largest absolute Gasteiger partial charge is 0.299 e. The predicted octanol–water partition coefficient (Wildman–Crippen LogP) is 1.31. The molecule has 1 aliphatic heterocycles. The highest BCUT2D eigenvalue weighted by atomic mass is 16.2. The maximum atomic E-state index is 11.6. The zero-order valence-corrected chi connectivity index (χ0v) is 8.31. The van der Waals surface area contributed by atoms with Gasteiger partial charge in [-0.1, -0.05) is 18.2 Å². The van der Waals surface area contributed by atoms with E-state index in [9.17, 15) is 4.79 Å². The molecular formula is C11H14N2O. The van der Waals surface area contributed by atoms with Gasteiger partial charge in [-0.3, -0.25) is 14.6 Å². The van der Waals surface area contributed by atoms with Crippen molar-refractivity contribution in [1.82, 2.24) is 4.90 Å². The van der Waals surface area contributed by atoms with Gasteiger partial charge in [-0.15, -0.1) is 0 Å². The molecule has 2 rings (SSSR count). The SMILES string of the molecule is CN1CCC(=O)N(c2ccccc2)C1. The number of rotatable bonds is 1. The molecule has 74 valence electrons. The highest BCUT2D eigenvalue weighted by Gasteiger charge is 2.22. The van der Waals surface area contributed by atoms with E-state index in [-0.39, 0.29) is 5.91 Å². The Bertz CT molecular complexity index is 323. The molecule has 0 N–H and O–H groups in total.